The van der Waals surface area contributed by atoms with Gasteiger partial charge in [0.05, 0.1) is 0 Å². The predicted octanol–water partition coefficient (Wildman–Crippen LogP) is 13.7. The smallest absolute Gasteiger partial charge is 0.164 e. The molecule has 11 rings (SSSR count). The summed E-state index contributed by atoms with van der Waals surface area (Å²) >= 11 is 1.80. The van der Waals surface area contributed by atoms with Gasteiger partial charge in [-0.2, -0.15) is 0 Å². The second-order valence-electron chi connectivity index (χ2n) is 13.8. The molecule has 0 radical (unpaired) electrons. The van der Waals surface area contributed by atoms with Gasteiger partial charge in [0.15, 0.2) is 17.5 Å². The molecule has 54 heavy (non-hydrogen) atoms. The van der Waals surface area contributed by atoms with Gasteiger partial charge in [0.25, 0.3) is 0 Å². The molecule has 0 N–H and O–H groups in total. The predicted molar refractivity (Wildman–Crippen MR) is 226 cm³/mol. The first-order chi connectivity index (χ1) is 26.7. The average molecular weight is 710 g/mol. The van der Waals surface area contributed by atoms with Crippen LogP contribution in [0.4, 0.5) is 0 Å². The quantitative estimate of drug-likeness (QED) is 0.178. The van der Waals surface area contributed by atoms with Crippen molar-refractivity contribution in [1.29, 1.82) is 0 Å². The number of nitrogens with zero attached hydrogens (tertiary/aromatic N) is 3. The number of furan rings is 1. The van der Waals surface area contributed by atoms with Gasteiger partial charge in [-0.25, -0.2) is 15.0 Å². The molecule has 3 heterocycles. The van der Waals surface area contributed by atoms with Crippen LogP contribution in [0.3, 0.4) is 0 Å². The maximum atomic E-state index is 6.62. The third-order valence-corrected chi connectivity index (χ3v) is 11.8. The van der Waals surface area contributed by atoms with Gasteiger partial charge < -0.3 is 4.42 Å². The molecule has 1 aliphatic rings. The summed E-state index contributed by atoms with van der Waals surface area (Å²) in [7, 11) is 0. The zero-order chi connectivity index (χ0) is 35.6. The van der Waals surface area contributed by atoms with E-state index in [1.54, 1.807) is 11.3 Å². The maximum Gasteiger partial charge on any atom is 0.164 e. The standard InChI is InChI=1S/C49H31N3OS/c1-2-12-30(13-3-1)32-16-8-17-34(28-32)47-50-48(52-49(51-47)40-22-11-25-44-46(40)38-19-6-7-24-43(38)54-44)39-21-10-23-41-45(39)37-27-26-33(29-42(37)53-41)36-20-9-15-31-14-4-5-18-35(31)36/h1-2,4-12,14-29H,3,13H2. The third-order valence-electron chi connectivity index (χ3n) is 10.6. The summed E-state index contributed by atoms with van der Waals surface area (Å²) < 4.78 is 9.07. The molecule has 1 aliphatic carbocycles. The lowest BCUT2D eigenvalue weighted by Gasteiger charge is -2.12. The fourth-order valence-corrected chi connectivity index (χ4v) is 9.20. The molecule has 5 heteroatoms. The van der Waals surface area contributed by atoms with E-state index in [0.29, 0.717) is 17.5 Å². The Kier molecular flexibility index (Phi) is 7.13. The van der Waals surface area contributed by atoms with Gasteiger partial charge in [-0.15, -0.1) is 11.3 Å². The second kappa shape index (κ2) is 12.5. The summed E-state index contributed by atoms with van der Waals surface area (Å²) in [5.74, 6) is 1.91. The Hall–Kier alpha value is -6.69. The molecule has 0 spiro atoms. The molecule has 3 aromatic heterocycles. The van der Waals surface area contributed by atoms with E-state index >= 15 is 0 Å². The summed E-state index contributed by atoms with van der Waals surface area (Å²) in [5.41, 5.74) is 9.30. The molecule has 10 aromatic rings. The molecule has 0 saturated heterocycles. The monoisotopic (exact) mass is 709 g/mol. The molecule has 0 saturated carbocycles. The molecule has 0 amide bonds. The van der Waals surface area contributed by atoms with Crippen molar-refractivity contribution in [2.75, 3.05) is 0 Å². The third kappa shape index (κ3) is 5.08. The highest BCUT2D eigenvalue weighted by molar-refractivity contribution is 7.25. The Balaban J connectivity index is 1.13. The Bertz CT molecular complexity index is 3180. The maximum absolute atomic E-state index is 6.62. The van der Waals surface area contributed by atoms with Crippen molar-refractivity contribution in [3.8, 4) is 45.3 Å². The minimum Gasteiger partial charge on any atom is -0.456 e. The summed E-state index contributed by atoms with van der Waals surface area (Å²) in [4.78, 5) is 15.8. The van der Waals surface area contributed by atoms with Crippen LogP contribution in [0.25, 0.3) is 104 Å². The number of benzene rings is 7. The second-order valence-corrected chi connectivity index (χ2v) is 14.9. The van der Waals surface area contributed by atoms with Crippen LogP contribution in [0.2, 0.25) is 0 Å². The van der Waals surface area contributed by atoms with Crippen molar-refractivity contribution >= 4 is 69.8 Å². The number of hydrogen-bond donors (Lipinski definition) is 0. The number of thiophene rings is 1. The van der Waals surface area contributed by atoms with Crippen molar-refractivity contribution in [3.63, 3.8) is 0 Å². The first kappa shape index (κ1) is 30.9. The Morgan fingerprint density at radius 2 is 1.19 bits per heavy atom. The topological polar surface area (TPSA) is 51.8 Å². The molecule has 0 aliphatic heterocycles. The van der Waals surface area contributed by atoms with Crippen LogP contribution >= 0.6 is 11.3 Å². The minimum atomic E-state index is 0.614. The summed E-state index contributed by atoms with van der Waals surface area (Å²) in [6.07, 6.45) is 8.64. The summed E-state index contributed by atoms with van der Waals surface area (Å²) in [5, 5.41) is 6.83. The van der Waals surface area contributed by atoms with E-state index in [1.807, 2.05) is 12.1 Å². The zero-order valence-corrected chi connectivity index (χ0v) is 30.0. The average Bonchev–Trinajstić information content (AvgIpc) is 3.82. The van der Waals surface area contributed by atoms with Crippen LogP contribution in [-0.2, 0) is 0 Å². The Morgan fingerprint density at radius 3 is 2.07 bits per heavy atom. The lowest BCUT2D eigenvalue weighted by molar-refractivity contribution is 0.669. The largest absolute Gasteiger partial charge is 0.456 e. The van der Waals surface area contributed by atoms with Gasteiger partial charge in [-0.05, 0) is 82.3 Å². The van der Waals surface area contributed by atoms with Crippen LogP contribution in [0.1, 0.15) is 18.4 Å². The number of aromatic nitrogens is 3. The van der Waals surface area contributed by atoms with E-state index in [0.717, 1.165) is 57.0 Å². The van der Waals surface area contributed by atoms with E-state index < -0.39 is 0 Å². The lowest BCUT2D eigenvalue weighted by atomic mass is 9.96. The molecule has 0 fully saturated rings. The number of allylic oxidation sites excluding steroid dienone is 4. The van der Waals surface area contributed by atoms with Gasteiger partial charge >= 0.3 is 0 Å². The normalized spacial score (nSPS) is 13.1. The van der Waals surface area contributed by atoms with Gasteiger partial charge in [0.1, 0.15) is 11.2 Å². The van der Waals surface area contributed by atoms with E-state index in [1.165, 1.54) is 47.6 Å². The number of rotatable bonds is 5. The van der Waals surface area contributed by atoms with E-state index in [2.05, 4.69) is 152 Å². The first-order valence-electron chi connectivity index (χ1n) is 18.3. The highest BCUT2D eigenvalue weighted by Crippen LogP contribution is 2.42. The van der Waals surface area contributed by atoms with E-state index in [4.69, 9.17) is 19.4 Å². The van der Waals surface area contributed by atoms with Gasteiger partial charge in [0.2, 0.25) is 0 Å². The Morgan fingerprint density at radius 1 is 0.481 bits per heavy atom. The molecule has 0 unspecified atom stereocenters. The van der Waals surface area contributed by atoms with Crippen molar-refractivity contribution in [2.45, 2.75) is 12.8 Å². The minimum absolute atomic E-state index is 0.614. The van der Waals surface area contributed by atoms with Crippen LogP contribution in [0.5, 0.6) is 0 Å². The molecule has 254 valence electrons. The van der Waals surface area contributed by atoms with Gasteiger partial charge in [-0.1, -0.05) is 127 Å². The molecular weight excluding hydrogens is 679 g/mol. The first-order valence-corrected chi connectivity index (χ1v) is 19.1. The fourth-order valence-electron chi connectivity index (χ4n) is 8.06. The Labute approximate surface area is 315 Å². The summed E-state index contributed by atoms with van der Waals surface area (Å²) in [6.45, 7) is 0. The molecule has 0 atom stereocenters. The highest BCUT2D eigenvalue weighted by Gasteiger charge is 2.21. The van der Waals surface area contributed by atoms with Crippen LogP contribution in [-0.4, -0.2) is 15.0 Å². The molecular formula is C49H31N3OS. The lowest BCUT2D eigenvalue weighted by Crippen LogP contribution is -2.01. The van der Waals surface area contributed by atoms with Crippen molar-refractivity contribution in [3.05, 3.63) is 169 Å². The van der Waals surface area contributed by atoms with Crippen LogP contribution in [0.15, 0.2) is 168 Å². The number of hydrogen-bond acceptors (Lipinski definition) is 5. The van der Waals surface area contributed by atoms with Crippen LogP contribution in [0, 0.1) is 0 Å². The van der Waals surface area contributed by atoms with Crippen molar-refractivity contribution < 1.29 is 4.42 Å². The van der Waals surface area contributed by atoms with Crippen LogP contribution < -0.4 is 0 Å². The van der Waals surface area contributed by atoms with E-state index in [9.17, 15) is 0 Å². The van der Waals surface area contributed by atoms with Crippen molar-refractivity contribution in [2.24, 2.45) is 0 Å². The van der Waals surface area contributed by atoms with Crippen molar-refractivity contribution in [1.82, 2.24) is 15.0 Å². The molecule has 7 aromatic carbocycles. The van der Waals surface area contributed by atoms with Gasteiger partial charge in [-0.3, -0.25) is 0 Å². The van der Waals surface area contributed by atoms with E-state index in [-0.39, 0.29) is 0 Å². The molecule has 0 bridgehead atoms. The molecule has 4 nitrogen and oxygen atoms in total. The fraction of sp³-hybridized carbons (Fsp3) is 0.0408. The summed E-state index contributed by atoms with van der Waals surface area (Å²) in [6, 6.07) is 51.3. The van der Waals surface area contributed by atoms with Gasteiger partial charge in [0, 0.05) is 47.6 Å². The highest BCUT2D eigenvalue weighted by atomic mass is 32.1. The number of fused-ring (bicyclic) bond motifs is 7. The zero-order valence-electron chi connectivity index (χ0n) is 29.2. The SMILES string of the molecule is C1=CCCC(c2cccc(-c3nc(-c4cccc5oc6cc(-c7cccc8ccccc78)ccc6c45)nc(-c4cccc5sc6ccccc6c45)n3)c2)=C1.